The minimum absolute atomic E-state index is 0.00282. The Hall–Kier alpha value is -1.42. The van der Waals surface area contributed by atoms with E-state index in [1.165, 1.54) is 0 Å². The number of ether oxygens (including phenoxy) is 1. The third-order valence-corrected chi connectivity index (χ3v) is 3.20. The lowest BCUT2D eigenvalue weighted by atomic mass is 10.1. The molecular formula is C15H21NO2S. The fraction of sp³-hybridized carbons (Fsp3) is 0.467. The van der Waals surface area contributed by atoms with Gasteiger partial charge in [0.2, 0.25) is 0 Å². The number of hydrogen-bond acceptors (Lipinski definition) is 3. The van der Waals surface area contributed by atoms with Crippen LogP contribution in [0.5, 0.6) is 0 Å². The van der Waals surface area contributed by atoms with Crippen molar-refractivity contribution in [3.8, 4) is 0 Å². The van der Waals surface area contributed by atoms with E-state index < -0.39 is 0 Å². The second-order valence-corrected chi connectivity index (χ2v) is 4.53. The van der Waals surface area contributed by atoms with Crippen LogP contribution in [0.2, 0.25) is 0 Å². The maximum atomic E-state index is 12.4. The molecule has 4 heteroatoms. The lowest BCUT2D eigenvalue weighted by molar-refractivity contribution is 0.0772. The van der Waals surface area contributed by atoms with Crippen LogP contribution in [0, 0.1) is 0 Å². The topological polar surface area (TPSA) is 29.5 Å². The van der Waals surface area contributed by atoms with Crippen LogP contribution in [-0.4, -0.2) is 35.6 Å². The Morgan fingerprint density at radius 2 is 1.74 bits per heavy atom. The monoisotopic (exact) mass is 279 g/mol. The second-order valence-electron chi connectivity index (χ2n) is 4.16. The molecule has 0 atom stereocenters. The highest BCUT2D eigenvalue weighted by Gasteiger charge is 2.18. The molecule has 0 N–H and O–H groups in total. The molecule has 1 aromatic rings. The summed E-state index contributed by atoms with van der Waals surface area (Å²) in [4.78, 5) is 14.2. The predicted molar refractivity (Wildman–Crippen MR) is 81.6 cm³/mol. The van der Waals surface area contributed by atoms with E-state index in [9.17, 15) is 4.79 Å². The predicted octanol–water partition coefficient (Wildman–Crippen LogP) is 3.27. The Morgan fingerprint density at radius 3 is 2.26 bits per heavy atom. The molecule has 1 rings (SSSR count). The zero-order valence-corrected chi connectivity index (χ0v) is 12.6. The maximum Gasteiger partial charge on any atom is 0.254 e. The van der Waals surface area contributed by atoms with Crippen LogP contribution < -0.4 is 0 Å². The van der Waals surface area contributed by atoms with Gasteiger partial charge in [0.25, 0.3) is 5.91 Å². The lowest BCUT2D eigenvalue weighted by Crippen LogP contribution is -2.31. The zero-order valence-electron chi connectivity index (χ0n) is 11.8. The molecule has 104 valence electrons. The Bertz CT molecular complexity index is 442. The van der Waals surface area contributed by atoms with E-state index in [2.05, 4.69) is 0 Å². The van der Waals surface area contributed by atoms with Crippen molar-refractivity contribution >= 4 is 23.2 Å². The second kappa shape index (κ2) is 7.89. The van der Waals surface area contributed by atoms with E-state index in [0.717, 1.165) is 6.42 Å². The number of nitrogens with zero attached hydrogens (tertiary/aromatic N) is 1. The number of carbonyl (C=O) groups excluding carboxylic acids is 1. The number of hydrogen-bond donors (Lipinski definition) is 0. The minimum atomic E-state index is 0.00282. The summed E-state index contributed by atoms with van der Waals surface area (Å²) >= 11 is 5.26. The first-order valence-electron chi connectivity index (χ1n) is 6.71. The molecule has 1 amide bonds. The molecule has 0 heterocycles. The molecule has 0 unspecified atom stereocenters. The molecule has 0 fully saturated rings. The molecule has 0 aliphatic rings. The summed E-state index contributed by atoms with van der Waals surface area (Å²) in [6, 6.07) is 7.37. The molecule has 0 aromatic heterocycles. The largest absolute Gasteiger partial charge is 0.483 e. The Morgan fingerprint density at radius 1 is 1.16 bits per heavy atom. The summed E-state index contributed by atoms with van der Waals surface area (Å²) in [7, 11) is 0. The highest BCUT2D eigenvalue weighted by molar-refractivity contribution is 7.80. The Kier molecular flexibility index (Phi) is 6.50. The number of amides is 1. The van der Waals surface area contributed by atoms with Crippen LogP contribution in [-0.2, 0) is 4.74 Å². The van der Waals surface area contributed by atoms with Crippen molar-refractivity contribution in [1.82, 2.24) is 4.90 Å². The third kappa shape index (κ3) is 4.03. The molecule has 1 aromatic carbocycles. The first kappa shape index (κ1) is 15.6. The van der Waals surface area contributed by atoms with Gasteiger partial charge in [0.05, 0.1) is 12.2 Å². The summed E-state index contributed by atoms with van der Waals surface area (Å²) in [6.07, 6.45) is 0.895. The number of benzene rings is 1. The Balaban J connectivity index is 3.01. The van der Waals surface area contributed by atoms with Gasteiger partial charge in [0, 0.05) is 18.7 Å². The molecule has 0 radical (unpaired) electrons. The molecule has 0 bridgehead atoms. The van der Waals surface area contributed by atoms with Crippen LogP contribution in [0.3, 0.4) is 0 Å². The van der Waals surface area contributed by atoms with Crippen molar-refractivity contribution < 1.29 is 9.53 Å². The van der Waals surface area contributed by atoms with Gasteiger partial charge in [-0.25, -0.2) is 0 Å². The summed E-state index contributed by atoms with van der Waals surface area (Å²) in [5.74, 6) is 0.00282. The normalized spacial score (nSPS) is 10.1. The van der Waals surface area contributed by atoms with E-state index in [1.807, 2.05) is 39.0 Å². The molecule has 0 aliphatic heterocycles. The van der Waals surface area contributed by atoms with Crippen molar-refractivity contribution in [1.29, 1.82) is 0 Å². The summed E-state index contributed by atoms with van der Waals surface area (Å²) < 4.78 is 5.48. The van der Waals surface area contributed by atoms with E-state index in [0.29, 0.717) is 35.9 Å². The molecule has 0 saturated heterocycles. The average molecular weight is 279 g/mol. The molecule has 0 spiro atoms. The van der Waals surface area contributed by atoms with Gasteiger partial charge in [-0.3, -0.25) is 4.79 Å². The van der Waals surface area contributed by atoms with Gasteiger partial charge in [-0.2, -0.15) is 0 Å². The number of thiocarbonyl (C=S) groups is 1. The third-order valence-electron chi connectivity index (χ3n) is 2.87. The Labute approximate surface area is 120 Å². The molecular weight excluding hydrogens is 258 g/mol. The van der Waals surface area contributed by atoms with Crippen LogP contribution >= 0.6 is 12.2 Å². The highest BCUT2D eigenvalue weighted by Crippen LogP contribution is 2.14. The standard InChI is InChI=1S/C15H21NO2S/c1-4-11-18-15(19)13-10-8-7-9-12(13)14(17)16(5-2)6-3/h7-10H,4-6,11H2,1-3H3. The van der Waals surface area contributed by atoms with Gasteiger partial charge < -0.3 is 9.64 Å². The van der Waals surface area contributed by atoms with Crippen molar-refractivity contribution in [2.75, 3.05) is 19.7 Å². The van der Waals surface area contributed by atoms with E-state index in [1.54, 1.807) is 11.0 Å². The number of carbonyl (C=O) groups is 1. The van der Waals surface area contributed by atoms with Gasteiger partial charge in [-0.15, -0.1) is 0 Å². The van der Waals surface area contributed by atoms with Crippen molar-refractivity contribution in [2.45, 2.75) is 27.2 Å². The van der Waals surface area contributed by atoms with Crippen LogP contribution in [0.15, 0.2) is 24.3 Å². The van der Waals surface area contributed by atoms with E-state index in [4.69, 9.17) is 17.0 Å². The summed E-state index contributed by atoms with van der Waals surface area (Å²) in [5.41, 5.74) is 1.33. The van der Waals surface area contributed by atoms with Gasteiger partial charge in [-0.05, 0) is 44.6 Å². The average Bonchev–Trinajstić information content (AvgIpc) is 2.45. The summed E-state index contributed by atoms with van der Waals surface area (Å²) in [5, 5.41) is 0.401. The highest BCUT2D eigenvalue weighted by atomic mass is 32.1. The van der Waals surface area contributed by atoms with Gasteiger partial charge >= 0.3 is 0 Å². The smallest absolute Gasteiger partial charge is 0.254 e. The van der Waals surface area contributed by atoms with Crippen LogP contribution in [0.4, 0.5) is 0 Å². The van der Waals surface area contributed by atoms with Crippen molar-refractivity contribution in [2.24, 2.45) is 0 Å². The van der Waals surface area contributed by atoms with Gasteiger partial charge in [-0.1, -0.05) is 19.1 Å². The SMILES string of the molecule is CCCOC(=S)c1ccccc1C(=O)N(CC)CC. The molecule has 0 aliphatic carbocycles. The minimum Gasteiger partial charge on any atom is -0.483 e. The quantitative estimate of drug-likeness (QED) is 0.749. The molecule has 3 nitrogen and oxygen atoms in total. The van der Waals surface area contributed by atoms with Gasteiger partial charge in [0.15, 0.2) is 5.05 Å². The zero-order chi connectivity index (χ0) is 14.3. The maximum absolute atomic E-state index is 12.4. The van der Waals surface area contributed by atoms with Crippen LogP contribution in [0.1, 0.15) is 43.1 Å². The first-order valence-corrected chi connectivity index (χ1v) is 7.11. The summed E-state index contributed by atoms with van der Waals surface area (Å²) in [6.45, 7) is 7.91. The molecule has 0 saturated carbocycles. The van der Waals surface area contributed by atoms with Crippen LogP contribution in [0.25, 0.3) is 0 Å². The van der Waals surface area contributed by atoms with E-state index >= 15 is 0 Å². The fourth-order valence-corrected chi connectivity index (χ4v) is 2.06. The van der Waals surface area contributed by atoms with E-state index in [-0.39, 0.29) is 5.91 Å². The first-order chi connectivity index (χ1) is 9.15. The van der Waals surface area contributed by atoms with Gasteiger partial charge in [0.1, 0.15) is 0 Å². The molecule has 19 heavy (non-hydrogen) atoms. The number of rotatable bonds is 6. The van der Waals surface area contributed by atoms with Crippen molar-refractivity contribution in [3.05, 3.63) is 35.4 Å². The fourth-order valence-electron chi connectivity index (χ4n) is 1.80. The van der Waals surface area contributed by atoms with Crippen molar-refractivity contribution in [3.63, 3.8) is 0 Å². The lowest BCUT2D eigenvalue weighted by Gasteiger charge is -2.20.